The SMILES string of the molecule is CN1CCN(C)C(c2nc(Cl)c(I)c(C(C)(C)C)n2)C1. The maximum absolute atomic E-state index is 6.34. The Morgan fingerprint density at radius 2 is 1.85 bits per heavy atom. The molecular formula is C14H22ClIN4. The molecule has 1 fully saturated rings. The first kappa shape index (κ1) is 16.4. The van der Waals surface area contributed by atoms with Crippen LogP contribution in [0.4, 0.5) is 0 Å². The van der Waals surface area contributed by atoms with Crippen LogP contribution in [-0.2, 0) is 5.41 Å². The molecule has 1 aromatic rings. The summed E-state index contributed by atoms with van der Waals surface area (Å²) in [6.45, 7) is 9.53. The van der Waals surface area contributed by atoms with Crippen molar-refractivity contribution in [3.63, 3.8) is 0 Å². The molecule has 0 N–H and O–H groups in total. The van der Waals surface area contributed by atoms with E-state index in [2.05, 4.69) is 72.2 Å². The van der Waals surface area contributed by atoms with Crippen LogP contribution in [0.1, 0.15) is 38.3 Å². The van der Waals surface area contributed by atoms with Gasteiger partial charge < -0.3 is 4.90 Å². The van der Waals surface area contributed by atoms with Crippen LogP contribution < -0.4 is 0 Å². The average Bonchev–Trinajstić information content (AvgIpc) is 2.34. The van der Waals surface area contributed by atoms with Crippen LogP contribution in [0.3, 0.4) is 0 Å². The van der Waals surface area contributed by atoms with Crippen molar-refractivity contribution < 1.29 is 0 Å². The van der Waals surface area contributed by atoms with Crippen molar-refractivity contribution in [1.82, 2.24) is 19.8 Å². The topological polar surface area (TPSA) is 32.3 Å². The molecule has 0 saturated carbocycles. The first-order valence-electron chi connectivity index (χ1n) is 6.82. The number of hydrogen-bond donors (Lipinski definition) is 0. The molecule has 0 aromatic carbocycles. The summed E-state index contributed by atoms with van der Waals surface area (Å²) in [5.41, 5.74) is 1.01. The van der Waals surface area contributed by atoms with Crippen LogP contribution in [0, 0.1) is 3.57 Å². The van der Waals surface area contributed by atoms with Crippen molar-refractivity contribution in [3.8, 4) is 0 Å². The highest BCUT2D eigenvalue weighted by Crippen LogP contribution is 2.31. The summed E-state index contributed by atoms with van der Waals surface area (Å²) < 4.78 is 0.965. The van der Waals surface area contributed by atoms with Gasteiger partial charge in [0.2, 0.25) is 0 Å². The third kappa shape index (κ3) is 3.43. The van der Waals surface area contributed by atoms with E-state index < -0.39 is 0 Å². The van der Waals surface area contributed by atoms with E-state index in [9.17, 15) is 0 Å². The maximum Gasteiger partial charge on any atom is 0.148 e. The first-order valence-corrected chi connectivity index (χ1v) is 8.28. The number of likely N-dealkylation sites (N-methyl/N-ethyl adjacent to an activating group) is 2. The van der Waals surface area contributed by atoms with E-state index >= 15 is 0 Å². The smallest absolute Gasteiger partial charge is 0.148 e. The van der Waals surface area contributed by atoms with Crippen molar-refractivity contribution in [2.45, 2.75) is 32.2 Å². The van der Waals surface area contributed by atoms with Crippen LogP contribution in [0.25, 0.3) is 0 Å². The summed E-state index contributed by atoms with van der Waals surface area (Å²) in [6, 6.07) is 0.212. The normalized spacial score (nSPS) is 22.2. The minimum absolute atomic E-state index is 0.0308. The molecule has 20 heavy (non-hydrogen) atoms. The Kier molecular flexibility index (Phi) is 4.94. The molecule has 1 aliphatic heterocycles. The van der Waals surface area contributed by atoms with Crippen LogP contribution in [0.5, 0.6) is 0 Å². The van der Waals surface area contributed by atoms with E-state index in [1.165, 1.54) is 0 Å². The fraction of sp³-hybridized carbons (Fsp3) is 0.714. The van der Waals surface area contributed by atoms with Crippen LogP contribution >= 0.6 is 34.2 Å². The van der Waals surface area contributed by atoms with E-state index in [0.717, 1.165) is 34.7 Å². The van der Waals surface area contributed by atoms with E-state index in [1.807, 2.05) is 0 Å². The lowest BCUT2D eigenvalue weighted by atomic mass is 9.92. The molecule has 0 aliphatic carbocycles. The molecule has 1 atom stereocenters. The number of aromatic nitrogens is 2. The Hall–Kier alpha value is 0.0200. The van der Waals surface area contributed by atoms with Crippen molar-refractivity contribution in [3.05, 3.63) is 20.2 Å². The van der Waals surface area contributed by atoms with E-state index in [-0.39, 0.29) is 11.5 Å². The molecule has 2 heterocycles. The second-order valence-corrected chi connectivity index (χ2v) is 7.98. The summed E-state index contributed by atoms with van der Waals surface area (Å²) in [6.07, 6.45) is 0. The first-order chi connectivity index (χ1) is 9.20. The largest absolute Gasteiger partial charge is 0.303 e. The van der Waals surface area contributed by atoms with E-state index in [0.29, 0.717) is 5.15 Å². The predicted octanol–water partition coefficient (Wildman–Crippen LogP) is 2.95. The van der Waals surface area contributed by atoms with Crippen molar-refractivity contribution in [2.24, 2.45) is 0 Å². The Balaban J connectivity index is 2.44. The van der Waals surface area contributed by atoms with E-state index in [4.69, 9.17) is 16.6 Å². The molecule has 112 valence electrons. The molecule has 2 rings (SSSR count). The molecule has 0 bridgehead atoms. The maximum atomic E-state index is 6.34. The standard InChI is InChI=1S/C14H22ClIN4/c1-14(2,3)11-10(16)12(15)18-13(17-11)9-8-19(4)6-7-20(9)5/h9H,6-8H2,1-5H3. The summed E-state index contributed by atoms with van der Waals surface area (Å²) in [5.74, 6) is 0.842. The number of rotatable bonds is 1. The van der Waals surface area contributed by atoms with Gasteiger partial charge >= 0.3 is 0 Å². The Morgan fingerprint density at radius 1 is 1.20 bits per heavy atom. The summed E-state index contributed by atoms with van der Waals surface area (Å²) >= 11 is 8.58. The van der Waals surface area contributed by atoms with Crippen molar-refractivity contribution in [1.29, 1.82) is 0 Å². The molecular weight excluding hydrogens is 387 g/mol. The molecule has 6 heteroatoms. The third-order valence-electron chi connectivity index (χ3n) is 3.69. The van der Waals surface area contributed by atoms with Gasteiger partial charge in [0.05, 0.1) is 15.3 Å². The van der Waals surface area contributed by atoms with Crippen LogP contribution in [0.15, 0.2) is 0 Å². The van der Waals surface area contributed by atoms with Gasteiger partial charge in [0.25, 0.3) is 0 Å². The quantitative estimate of drug-likeness (QED) is 0.528. The van der Waals surface area contributed by atoms with E-state index in [1.54, 1.807) is 0 Å². The van der Waals surface area contributed by atoms with Gasteiger partial charge in [0.15, 0.2) is 0 Å². The van der Waals surface area contributed by atoms with Gasteiger partial charge in [0.1, 0.15) is 11.0 Å². The molecule has 1 aromatic heterocycles. The van der Waals surface area contributed by atoms with Gasteiger partial charge in [-0.25, -0.2) is 9.97 Å². The fourth-order valence-electron chi connectivity index (χ4n) is 2.37. The Bertz CT molecular complexity index is 501. The van der Waals surface area contributed by atoms with Crippen LogP contribution in [-0.4, -0.2) is 53.5 Å². The zero-order valence-electron chi connectivity index (χ0n) is 12.7. The zero-order chi connectivity index (χ0) is 15.1. The molecule has 1 saturated heterocycles. The number of halogens is 2. The average molecular weight is 409 g/mol. The number of nitrogens with zero attached hydrogens (tertiary/aromatic N) is 4. The Labute approximate surface area is 140 Å². The minimum atomic E-state index is -0.0308. The second-order valence-electron chi connectivity index (χ2n) is 6.54. The highest BCUT2D eigenvalue weighted by atomic mass is 127. The minimum Gasteiger partial charge on any atom is -0.303 e. The van der Waals surface area contributed by atoms with Gasteiger partial charge in [-0.05, 0) is 36.7 Å². The predicted molar refractivity (Wildman–Crippen MR) is 91.3 cm³/mol. The lowest BCUT2D eigenvalue weighted by Crippen LogP contribution is -2.45. The number of piperazine rings is 1. The van der Waals surface area contributed by atoms with Crippen molar-refractivity contribution in [2.75, 3.05) is 33.7 Å². The van der Waals surface area contributed by atoms with Crippen LogP contribution in [0.2, 0.25) is 5.15 Å². The Morgan fingerprint density at radius 3 is 2.45 bits per heavy atom. The molecule has 0 amide bonds. The molecule has 1 aliphatic rings. The highest BCUT2D eigenvalue weighted by Gasteiger charge is 2.29. The monoisotopic (exact) mass is 408 g/mol. The lowest BCUT2D eigenvalue weighted by Gasteiger charge is -2.37. The fourth-order valence-corrected chi connectivity index (χ4v) is 3.60. The van der Waals surface area contributed by atoms with Gasteiger partial charge in [0, 0.05) is 25.0 Å². The second kappa shape index (κ2) is 6.02. The molecule has 0 spiro atoms. The number of hydrogen-bond acceptors (Lipinski definition) is 4. The molecule has 0 radical (unpaired) electrons. The molecule has 1 unspecified atom stereocenters. The highest BCUT2D eigenvalue weighted by molar-refractivity contribution is 14.1. The van der Waals surface area contributed by atoms with Gasteiger partial charge in [-0.3, -0.25) is 4.90 Å². The summed E-state index contributed by atoms with van der Waals surface area (Å²) in [7, 11) is 4.27. The van der Waals surface area contributed by atoms with Gasteiger partial charge in [-0.2, -0.15) is 0 Å². The summed E-state index contributed by atoms with van der Waals surface area (Å²) in [5, 5.41) is 0.571. The zero-order valence-corrected chi connectivity index (χ0v) is 15.7. The molecule has 4 nitrogen and oxygen atoms in total. The van der Waals surface area contributed by atoms with Gasteiger partial charge in [-0.15, -0.1) is 0 Å². The van der Waals surface area contributed by atoms with Gasteiger partial charge in [-0.1, -0.05) is 32.4 Å². The van der Waals surface area contributed by atoms with Crippen molar-refractivity contribution >= 4 is 34.2 Å². The third-order valence-corrected chi connectivity index (χ3v) is 5.30. The lowest BCUT2D eigenvalue weighted by molar-refractivity contribution is 0.109. The summed E-state index contributed by atoms with van der Waals surface area (Å²) in [4.78, 5) is 14.0.